The number of aromatic hydroxyl groups is 1. The van der Waals surface area contributed by atoms with Crippen LogP contribution in [0, 0.1) is 5.41 Å². The number of phenolic OH excluding ortho intramolecular Hbond substituents is 1. The predicted molar refractivity (Wildman–Crippen MR) is 64.6 cm³/mol. The van der Waals surface area contributed by atoms with Crippen molar-refractivity contribution in [1.82, 2.24) is 0 Å². The molecule has 0 atom stereocenters. The molecule has 0 fully saturated rings. The standard InChI is InChI=1S/C13H12N2O/c14-13(15)10-6-7-11(12(16)8-10)9-4-2-1-3-5-9/h1-8,16H,(H3,14,15). The molecular formula is C13H12N2O. The topological polar surface area (TPSA) is 70.1 Å². The first-order chi connectivity index (χ1) is 7.68. The van der Waals surface area contributed by atoms with E-state index in [1.165, 1.54) is 6.07 Å². The molecular weight excluding hydrogens is 200 g/mol. The lowest BCUT2D eigenvalue weighted by molar-refractivity contribution is 0.477. The van der Waals surface area contributed by atoms with Crippen LogP contribution in [0.1, 0.15) is 5.56 Å². The smallest absolute Gasteiger partial charge is 0.124 e. The van der Waals surface area contributed by atoms with E-state index < -0.39 is 0 Å². The summed E-state index contributed by atoms with van der Waals surface area (Å²) < 4.78 is 0. The van der Waals surface area contributed by atoms with E-state index >= 15 is 0 Å². The summed E-state index contributed by atoms with van der Waals surface area (Å²) in [5, 5.41) is 17.1. The average molecular weight is 212 g/mol. The van der Waals surface area contributed by atoms with Gasteiger partial charge in [-0.15, -0.1) is 0 Å². The normalized spacial score (nSPS) is 10.0. The fourth-order valence-electron chi connectivity index (χ4n) is 1.56. The molecule has 0 unspecified atom stereocenters. The molecule has 0 saturated carbocycles. The minimum Gasteiger partial charge on any atom is -0.507 e. The van der Waals surface area contributed by atoms with Gasteiger partial charge in [0.05, 0.1) is 0 Å². The number of amidine groups is 1. The largest absolute Gasteiger partial charge is 0.507 e. The number of benzene rings is 2. The maximum Gasteiger partial charge on any atom is 0.124 e. The fraction of sp³-hybridized carbons (Fsp3) is 0. The molecule has 0 aromatic heterocycles. The van der Waals surface area contributed by atoms with E-state index in [9.17, 15) is 5.11 Å². The third-order valence-corrected chi connectivity index (χ3v) is 2.39. The summed E-state index contributed by atoms with van der Waals surface area (Å²) in [5.74, 6) is 0.0915. The number of nitrogens with one attached hydrogen (secondary N) is 1. The number of phenols is 1. The van der Waals surface area contributed by atoms with E-state index in [-0.39, 0.29) is 11.6 Å². The van der Waals surface area contributed by atoms with E-state index in [0.717, 1.165) is 11.1 Å². The minimum absolute atomic E-state index is 0.0464. The monoisotopic (exact) mass is 212 g/mol. The lowest BCUT2D eigenvalue weighted by Gasteiger charge is -2.06. The zero-order valence-corrected chi connectivity index (χ0v) is 8.64. The van der Waals surface area contributed by atoms with Gasteiger partial charge in [-0.25, -0.2) is 0 Å². The molecule has 0 spiro atoms. The summed E-state index contributed by atoms with van der Waals surface area (Å²) >= 11 is 0. The highest BCUT2D eigenvalue weighted by Crippen LogP contribution is 2.29. The Morgan fingerprint density at radius 3 is 2.31 bits per heavy atom. The van der Waals surface area contributed by atoms with Crippen LogP contribution in [0.15, 0.2) is 48.5 Å². The number of hydrogen-bond acceptors (Lipinski definition) is 2. The van der Waals surface area contributed by atoms with E-state index in [0.29, 0.717) is 5.56 Å². The zero-order valence-electron chi connectivity index (χ0n) is 8.64. The summed E-state index contributed by atoms with van der Waals surface area (Å²) in [6, 6.07) is 14.6. The highest BCUT2D eigenvalue weighted by atomic mass is 16.3. The van der Waals surface area contributed by atoms with E-state index in [2.05, 4.69) is 0 Å². The average Bonchev–Trinajstić information content (AvgIpc) is 2.30. The predicted octanol–water partition coefficient (Wildman–Crippen LogP) is 2.34. The lowest BCUT2D eigenvalue weighted by atomic mass is 10.0. The van der Waals surface area contributed by atoms with Gasteiger partial charge in [0.15, 0.2) is 0 Å². The van der Waals surface area contributed by atoms with Crippen LogP contribution in [0.2, 0.25) is 0 Å². The Morgan fingerprint density at radius 2 is 1.75 bits per heavy atom. The third kappa shape index (κ3) is 1.88. The van der Waals surface area contributed by atoms with Crippen LogP contribution in [0.25, 0.3) is 11.1 Å². The van der Waals surface area contributed by atoms with Gasteiger partial charge >= 0.3 is 0 Å². The van der Waals surface area contributed by atoms with E-state index in [1.807, 2.05) is 30.3 Å². The molecule has 0 aliphatic carbocycles. The summed E-state index contributed by atoms with van der Waals surface area (Å²) in [7, 11) is 0. The van der Waals surface area contributed by atoms with Crippen LogP contribution in [-0.4, -0.2) is 10.9 Å². The second-order valence-corrected chi connectivity index (χ2v) is 3.51. The van der Waals surface area contributed by atoms with Gasteiger partial charge in [-0.05, 0) is 17.7 Å². The maximum absolute atomic E-state index is 9.84. The van der Waals surface area contributed by atoms with Crippen molar-refractivity contribution >= 4 is 5.84 Å². The Labute approximate surface area is 93.7 Å². The van der Waals surface area contributed by atoms with Gasteiger partial charge in [0.25, 0.3) is 0 Å². The summed E-state index contributed by atoms with van der Waals surface area (Å²) in [6.45, 7) is 0. The van der Waals surface area contributed by atoms with Gasteiger partial charge in [-0.3, -0.25) is 5.41 Å². The summed E-state index contributed by atoms with van der Waals surface area (Å²) in [5.41, 5.74) is 7.55. The Hall–Kier alpha value is -2.29. The zero-order chi connectivity index (χ0) is 11.5. The van der Waals surface area contributed by atoms with Crippen LogP contribution in [0.3, 0.4) is 0 Å². The van der Waals surface area contributed by atoms with Gasteiger partial charge in [0, 0.05) is 11.1 Å². The van der Waals surface area contributed by atoms with Crippen molar-refractivity contribution in [1.29, 1.82) is 5.41 Å². The quantitative estimate of drug-likeness (QED) is 0.528. The van der Waals surface area contributed by atoms with Crippen molar-refractivity contribution in [2.75, 3.05) is 0 Å². The Morgan fingerprint density at radius 1 is 1.06 bits per heavy atom. The lowest BCUT2D eigenvalue weighted by Crippen LogP contribution is -2.10. The van der Waals surface area contributed by atoms with Crippen LogP contribution in [-0.2, 0) is 0 Å². The number of nitrogen functional groups attached to an aromatic ring is 1. The molecule has 0 heterocycles. The van der Waals surface area contributed by atoms with Crippen molar-refractivity contribution in [2.45, 2.75) is 0 Å². The highest BCUT2D eigenvalue weighted by molar-refractivity contribution is 5.96. The van der Waals surface area contributed by atoms with Gasteiger partial charge in [-0.2, -0.15) is 0 Å². The van der Waals surface area contributed by atoms with Crippen molar-refractivity contribution in [2.24, 2.45) is 5.73 Å². The van der Waals surface area contributed by atoms with Crippen LogP contribution < -0.4 is 5.73 Å². The molecule has 3 nitrogen and oxygen atoms in total. The second kappa shape index (κ2) is 4.06. The molecule has 0 radical (unpaired) electrons. The Kier molecular flexibility index (Phi) is 2.60. The molecule has 0 saturated heterocycles. The molecule has 2 rings (SSSR count). The van der Waals surface area contributed by atoms with Gasteiger partial charge in [0.1, 0.15) is 11.6 Å². The molecule has 4 N–H and O–H groups in total. The van der Waals surface area contributed by atoms with Crippen molar-refractivity contribution < 1.29 is 5.11 Å². The first-order valence-electron chi connectivity index (χ1n) is 4.91. The van der Waals surface area contributed by atoms with Crippen LogP contribution >= 0.6 is 0 Å². The Balaban J connectivity index is 2.48. The molecule has 80 valence electrons. The summed E-state index contributed by atoms with van der Waals surface area (Å²) in [6.07, 6.45) is 0. The number of hydrogen-bond donors (Lipinski definition) is 3. The fourth-order valence-corrected chi connectivity index (χ4v) is 1.56. The molecule has 3 heteroatoms. The first kappa shape index (κ1) is 10.2. The molecule has 0 aliphatic rings. The molecule has 16 heavy (non-hydrogen) atoms. The van der Waals surface area contributed by atoms with Crippen molar-refractivity contribution in [3.05, 3.63) is 54.1 Å². The molecule has 2 aromatic carbocycles. The highest BCUT2D eigenvalue weighted by Gasteiger charge is 2.05. The van der Waals surface area contributed by atoms with Gasteiger partial charge in [-0.1, -0.05) is 36.4 Å². The number of nitrogens with two attached hydrogens (primary N) is 1. The second-order valence-electron chi connectivity index (χ2n) is 3.51. The van der Waals surface area contributed by atoms with Crippen LogP contribution in [0.5, 0.6) is 5.75 Å². The minimum atomic E-state index is -0.0464. The Bertz CT molecular complexity index is 521. The maximum atomic E-state index is 9.84. The van der Waals surface area contributed by atoms with Gasteiger partial charge < -0.3 is 10.8 Å². The SMILES string of the molecule is N=C(N)c1ccc(-c2ccccc2)c(O)c1. The summed E-state index contributed by atoms with van der Waals surface area (Å²) in [4.78, 5) is 0. The third-order valence-electron chi connectivity index (χ3n) is 2.39. The van der Waals surface area contributed by atoms with E-state index in [1.54, 1.807) is 12.1 Å². The number of rotatable bonds is 2. The molecule has 0 amide bonds. The van der Waals surface area contributed by atoms with Crippen molar-refractivity contribution in [3.8, 4) is 16.9 Å². The van der Waals surface area contributed by atoms with Crippen LogP contribution in [0.4, 0.5) is 0 Å². The van der Waals surface area contributed by atoms with Gasteiger partial charge in [0.2, 0.25) is 0 Å². The first-order valence-corrected chi connectivity index (χ1v) is 4.91. The van der Waals surface area contributed by atoms with E-state index in [4.69, 9.17) is 11.1 Å². The molecule has 2 aromatic rings. The molecule has 0 bridgehead atoms. The molecule has 0 aliphatic heterocycles. The van der Waals surface area contributed by atoms with Crippen molar-refractivity contribution in [3.63, 3.8) is 0 Å².